The first-order chi connectivity index (χ1) is 15.1. The molecule has 1 aromatic carbocycles. The number of carbonyl (C=O) groups is 3. The maximum atomic E-state index is 13.6. The van der Waals surface area contributed by atoms with Crippen LogP contribution in [-0.4, -0.2) is 62.9 Å². The van der Waals surface area contributed by atoms with E-state index in [1.165, 1.54) is 17.0 Å². The van der Waals surface area contributed by atoms with Crippen molar-refractivity contribution in [3.05, 3.63) is 29.8 Å². The van der Waals surface area contributed by atoms with Gasteiger partial charge in [0, 0.05) is 11.6 Å². The maximum absolute atomic E-state index is 13.6. The molecular formula is C24H37N3O6. The number of benzene rings is 1. The van der Waals surface area contributed by atoms with Gasteiger partial charge in [-0.3, -0.25) is 9.59 Å². The first-order valence-electron chi connectivity index (χ1n) is 11.2. The monoisotopic (exact) mass is 463 g/mol. The first-order valence-corrected chi connectivity index (χ1v) is 11.2. The number of aliphatic hydroxyl groups is 1. The number of ether oxygens (including phenoxy) is 1. The molecule has 0 radical (unpaired) electrons. The van der Waals surface area contributed by atoms with E-state index in [0.29, 0.717) is 12.0 Å². The normalized spacial score (nSPS) is 19.8. The predicted molar refractivity (Wildman–Crippen MR) is 123 cm³/mol. The molecule has 1 aliphatic carbocycles. The smallest absolute Gasteiger partial charge is 0.408 e. The molecule has 1 aliphatic rings. The van der Waals surface area contributed by atoms with Gasteiger partial charge in [-0.1, -0.05) is 19.1 Å². The zero-order chi connectivity index (χ0) is 25.1. The van der Waals surface area contributed by atoms with E-state index in [1.807, 2.05) is 27.7 Å². The molecule has 184 valence electrons. The van der Waals surface area contributed by atoms with Crippen molar-refractivity contribution in [1.29, 1.82) is 0 Å². The number of aliphatic hydroxyl groups excluding tert-OH is 1. The maximum Gasteiger partial charge on any atom is 0.408 e. The number of rotatable bonds is 7. The molecule has 0 aliphatic heterocycles. The minimum absolute atomic E-state index is 0.0335. The second kappa shape index (κ2) is 9.99. The Labute approximate surface area is 195 Å². The highest BCUT2D eigenvalue weighted by atomic mass is 16.6. The van der Waals surface area contributed by atoms with Gasteiger partial charge in [0.1, 0.15) is 23.4 Å². The van der Waals surface area contributed by atoms with Crippen molar-refractivity contribution >= 4 is 17.9 Å². The molecule has 2 rings (SSSR count). The number of alkyl carbamates (subject to hydrolysis) is 1. The average Bonchev–Trinajstić information content (AvgIpc) is 3.37. The number of hydrogen-bond donors (Lipinski definition) is 4. The number of nitrogens with zero attached hydrogens (tertiary/aromatic N) is 1. The molecule has 33 heavy (non-hydrogen) atoms. The van der Waals surface area contributed by atoms with Crippen LogP contribution in [0.4, 0.5) is 4.79 Å². The number of amides is 3. The minimum atomic E-state index is -1.28. The molecule has 0 spiro atoms. The second-order valence-electron chi connectivity index (χ2n) is 10.6. The Balaban J connectivity index is 2.43. The van der Waals surface area contributed by atoms with Crippen LogP contribution in [0.2, 0.25) is 0 Å². The molecule has 0 saturated heterocycles. The molecular weight excluding hydrogens is 426 g/mol. The predicted octanol–water partition coefficient (Wildman–Crippen LogP) is 2.47. The Morgan fingerprint density at radius 1 is 1.12 bits per heavy atom. The zero-order valence-electron chi connectivity index (χ0n) is 20.5. The third kappa shape index (κ3) is 7.63. The van der Waals surface area contributed by atoms with Gasteiger partial charge in [-0.15, -0.1) is 0 Å². The third-order valence-electron chi connectivity index (χ3n) is 5.08. The lowest BCUT2D eigenvalue weighted by atomic mass is 10.00. The highest BCUT2D eigenvalue weighted by Gasteiger charge is 2.48. The molecule has 0 heterocycles. The summed E-state index contributed by atoms with van der Waals surface area (Å²) in [5, 5.41) is 25.0. The van der Waals surface area contributed by atoms with E-state index >= 15 is 0 Å². The number of phenols is 1. The Morgan fingerprint density at radius 3 is 2.09 bits per heavy atom. The summed E-state index contributed by atoms with van der Waals surface area (Å²) in [6.45, 7) is 11.9. The van der Waals surface area contributed by atoms with Crippen LogP contribution in [0.5, 0.6) is 5.75 Å². The Morgan fingerprint density at radius 2 is 1.67 bits per heavy atom. The van der Waals surface area contributed by atoms with Gasteiger partial charge >= 0.3 is 6.09 Å². The van der Waals surface area contributed by atoms with Crippen LogP contribution < -0.4 is 10.6 Å². The average molecular weight is 464 g/mol. The standard InChI is InChI=1S/C24H37N3O6/c1-14-12-18(14)27(21(31)17(13-28)25-22(32)33-24(5,6)7)19(20(30)26-23(2,3)4)15-8-10-16(29)11-9-15/h8-11,14,17-19,28-29H,12-13H2,1-7H3,(H,25,32)(H,26,30). The fourth-order valence-corrected chi connectivity index (χ4v) is 3.52. The van der Waals surface area contributed by atoms with Crippen LogP contribution in [0.15, 0.2) is 24.3 Å². The van der Waals surface area contributed by atoms with Gasteiger partial charge in [-0.05, 0) is 71.6 Å². The van der Waals surface area contributed by atoms with Crippen LogP contribution >= 0.6 is 0 Å². The SMILES string of the molecule is CC1CC1N(C(=O)C(CO)NC(=O)OC(C)(C)C)C(C(=O)NC(C)(C)C)c1ccc(O)cc1. The molecule has 1 fully saturated rings. The van der Waals surface area contributed by atoms with E-state index in [2.05, 4.69) is 10.6 Å². The summed E-state index contributed by atoms with van der Waals surface area (Å²) in [5.74, 6) is -0.794. The summed E-state index contributed by atoms with van der Waals surface area (Å²) < 4.78 is 5.23. The molecule has 1 saturated carbocycles. The van der Waals surface area contributed by atoms with E-state index in [-0.39, 0.29) is 17.7 Å². The summed E-state index contributed by atoms with van der Waals surface area (Å²) in [4.78, 5) is 40.8. The molecule has 1 aromatic rings. The summed E-state index contributed by atoms with van der Waals surface area (Å²) in [7, 11) is 0. The van der Waals surface area contributed by atoms with E-state index in [0.717, 1.165) is 0 Å². The van der Waals surface area contributed by atoms with Gasteiger partial charge in [-0.2, -0.15) is 0 Å². The van der Waals surface area contributed by atoms with E-state index in [9.17, 15) is 24.6 Å². The van der Waals surface area contributed by atoms with Crippen LogP contribution in [0.1, 0.15) is 66.5 Å². The van der Waals surface area contributed by atoms with E-state index in [4.69, 9.17) is 4.74 Å². The topological polar surface area (TPSA) is 128 Å². The van der Waals surface area contributed by atoms with Crippen molar-refractivity contribution in [2.24, 2.45) is 5.92 Å². The number of hydrogen-bond acceptors (Lipinski definition) is 6. The largest absolute Gasteiger partial charge is 0.508 e. The molecule has 0 aromatic heterocycles. The van der Waals surface area contributed by atoms with Gasteiger partial charge < -0.3 is 30.5 Å². The zero-order valence-corrected chi connectivity index (χ0v) is 20.5. The number of nitrogens with one attached hydrogen (secondary N) is 2. The summed E-state index contributed by atoms with van der Waals surface area (Å²) in [5.41, 5.74) is -0.823. The van der Waals surface area contributed by atoms with Gasteiger partial charge in [0.15, 0.2) is 0 Å². The van der Waals surface area contributed by atoms with Crippen LogP contribution in [0.3, 0.4) is 0 Å². The minimum Gasteiger partial charge on any atom is -0.508 e. The van der Waals surface area contributed by atoms with Crippen molar-refractivity contribution in [2.75, 3.05) is 6.61 Å². The van der Waals surface area contributed by atoms with Gasteiger partial charge in [0.2, 0.25) is 11.8 Å². The van der Waals surface area contributed by atoms with Crippen LogP contribution in [0.25, 0.3) is 0 Å². The van der Waals surface area contributed by atoms with Crippen molar-refractivity contribution in [1.82, 2.24) is 15.5 Å². The number of carbonyl (C=O) groups excluding carboxylic acids is 3. The van der Waals surface area contributed by atoms with Crippen molar-refractivity contribution < 1.29 is 29.3 Å². The van der Waals surface area contributed by atoms with Gasteiger partial charge in [0.05, 0.1) is 6.61 Å². The van der Waals surface area contributed by atoms with E-state index < -0.39 is 47.7 Å². The fourth-order valence-electron chi connectivity index (χ4n) is 3.52. The summed E-state index contributed by atoms with van der Waals surface area (Å²) >= 11 is 0. The highest BCUT2D eigenvalue weighted by Crippen LogP contribution is 2.41. The highest BCUT2D eigenvalue weighted by molar-refractivity contribution is 5.93. The Hall–Kier alpha value is -2.81. The lowest BCUT2D eigenvalue weighted by Gasteiger charge is -2.36. The Kier molecular flexibility index (Phi) is 8.00. The van der Waals surface area contributed by atoms with Gasteiger partial charge in [-0.25, -0.2) is 4.79 Å². The van der Waals surface area contributed by atoms with Crippen LogP contribution in [0, 0.1) is 5.92 Å². The number of phenolic OH excluding ortho intramolecular Hbond substituents is 1. The molecule has 9 heteroatoms. The summed E-state index contributed by atoms with van der Waals surface area (Å²) in [6, 6.07) is 3.55. The first kappa shape index (κ1) is 26.4. The fraction of sp³-hybridized carbons (Fsp3) is 0.625. The molecule has 4 unspecified atom stereocenters. The van der Waals surface area contributed by atoms with Crippen molar-refractivity contribution in [3.63, 3.8) is 0 Å². The molecule has 4 N–H and O–H groups in total. The molecule has 4 atom stereocenters. The van der Waals surface area contributed by atoms with Crippen molar-refractivity contribution in [2.45, 2.75) is 84.2 Å². The van der Waals surface area contributed by atoms with Gasteiger partial charge in [0.25, 0.3) is 0 Å². The molecule has 9 nitrogen and oxygen atoms in total. The second-order valence-corrected chi connectivity index (χ2v) is 10.6. The van der Waals surface area contributed by atoms with Crippen molar-refractivity contribution in [3.8, 4) is 5.75 Å². The summed E-state index contributed by atoms with van der Waals surface area (Å²) in [6.07, 6.45) is -0.146. The van der Waals surface area contributed by atoms with Crippen LogP contribution in [-0.2, 0) is 14.3 Å². The van der Waals surface area contributed by atoms with E-state index in [1.54, 1.807) is 32.9 Å². The lowest BCUT2D eigenvalue weighted by molar-refractivity contribution is -0.144. The lowest BCUT2D eigenvalue weighted by Crippen LogP contribution is -2.56. The Bertz CT molecular complexity index is 856. The third-order valence-corrected chi connectivity index (χ3v) is 5.08. The molecule has 3 amide bonds. The quantitative estimate of drug-likeness (QED) is 0.492. The molecule has 0 bridgehead atoms. The number of aromatic hydroxyl groups is 1.